The van der Waals surface area contributed by atoms with Gasteiger partial charge in [-0.15, -0.1) is 0 Å². The van der Waals surface area contributed by atoms with Crippen molar-refractivity contribution in [1.29, 1.82) is 0 Å². The minimum atomic E-state index is -1.63. The second-order valence-corrected chi connectivity index (χ2v) is 5.21. The van der Waals surface area contributed by atoms with E-state index in [1.54, 1.807) is 0 Å². The molecule has 19 heavy (non-hydrogen) atoms. The molecule has 1 aromatic carbocycles. The van der Waals surface area contributed by atoms with Crippen LogP contribution in [0.15, 0.2) is 18.2 Å². The van der Waals surface area contributed by atoms with Crippen molar-refractivity contribution in [3.63, 3.8) is 0 Å². The van der Waals surface area contributed by atoms with Gasteiger partial charge in [-0.1, -0.05) is 37.4 Å². The summed E-state index contributed by atoms with van der Waals surface area (Å²) in [4.78, 5) is 11.3. The molecule has 5 heteroatoms. The Morgan fingerprint density at radius 3 is 2.63 bits per heavy atom. The Morgan fingerprint density at radius 1 is 1.53 bits per heavy atom. The summed E-state index contributed by atoms with van der Waals surface area (Å²) in [5.74, 6) is -2.58. The van der Waals surface area contributed by atoms with Gasteiger partial charge in [0.1, 0.15) is 11.4 Å². The summed E-state index contributed by atoms with van der Waals surface area (Å²) in [6, 6.07) is 3.57. The van der Waals surface area contributed by atoms with E-state index < -0.39 is 23.3 Å². The second-order valence-electron chi connectivity index (χ2n) is 4.80. The number of carboxylic acid groups (broad SMARTS) is 1. The lowest BCUT2D eigenvalue weighted by molar-refractivity contribution is -0.152. The molecule has 1 rings (SSSR count). The molecule has 0 aliphatic rings. The van der Waals surface area contributed by atoms with Gasteiger partial charge in [0.25, 0.3) is 0 Å². The largest absolute Gasteiger partial charge is 0.481 e. The normalized spacial score (nSPS) is 15.8. The maximum atomic E-state index is 13.0. The lowest BCUT2D eigenvalue weighted by Gasteiger charge is -2.31. The van der Waals surface area contributed by atoms with Gasteiger partial charge in [-0.2, -0.15) is 0 Å². The van der Waals surface area contributed by atoms with Gasteiger partial charge < -0.3 is 10.2 Å². The molecule has 0 aliphatic carbocycles. The van der Waals surface area contributed by atoms with Crippen molar-refractivity contribution in [2.75, 3.05) is 0 Å². The molecule has 0 aliphatic heterocycles. The van der Waals surface area contributed by atoms with Gasteiger partial charge in [-0.25, -0.2) is 4.39 Å². The summed E-state index contributed by atoms with van der Waals surface area (Å²) in [6.07, 6.45) is 1.86. The maximum absolute atomic E-state index is 13.0. The topological polar surface area (TPSA) is 57.5 Å². The van der Waals surface area contributed by atoms with Crippen molar-refractivity contribution in [3.05, 3.63) is 34.6 Å². The van der Waals surface area contributed by atoms with E-state index in [-0.39, 0.29) is 10.6 Å². The van der Waals surface area contributed by atoms with Crippen molar-refractivity contribution >= 4 is 17.6 Å². The monoisotopic (exact) mass is 288 g/mol. The van der Waals surface area contributed by atoms with Gasteiger partial charge in [-0.05, 0) is 25.5 Å². The maximum Gasteiger partial charge on any atom is 0.309 e. The van der Waals surface area contributed by atoms with Crippen LogP contribution in [0, 0.1) is 11.7 Å². The van der Waals surface area contributed by atoms with Crippen LogP contribution >= 0.6 is 11.6 Å². The van der Waals surface area contributed by atoms with Gasteiger partial charge >= 0.3 is 5.97 Å². The molecule has 0 radical (unpaired) electrons. The Bertz CT molecular complexity index is 460. The number of benzene rings is 1. The van der Waals surface area contributed by atoms with Crippen LogP contribution < -0.4 is 0 Å². The molecule has 0 spiro atoms. The summed E-state index contributed by atoms with van der Waals surface area (Å²) < 4.78 is 13.0. The Morgan fingerprint density at radius 2 is 2.16 bits per heavy atom. The highest BCUT2D eigenvalue weighted by atomic mass is 35.5. The van der Waals surface area contributed by atoms with E-state index in [4.69, 9.17) is 11.6 Å². The third kappa shape index (κ3) is 3.67. The number of aliphatic carboxylic acids is 1. The van der Waals surface area contributed by atoms with Crippen LogP contribution in [0.2, 0.25) is 5.02 Å². The third-order valence-corrected chi connectivity index (χ3v) is 3.61. The highest BCUT2D eigenvalue weighted by molar-refractivity contribution is 6.31. The Kier molecular flexibility index (Phi) is 5.32. The predicted octanol–water partition coefficient (Wildman–Crippen LogP) is 3.58. The molecule has 0 aromatic heterocycles. The quantitative estimate of drug-likeness (QED) is 0.841. The molecular formula is C14H18ClFO3. The summed E-state index contributed by atoms with van der Waals surface area (Å²) in [6.45, 7) is 3.35. The van der Waals surface area contributed by atoms with Crippen LogP contribution in [0.4, 0.5) is 4.39 Å². The molecule has 2 atom stereocenters. The SMILES string of the molecule is CCCCC(C(=O)O)C(C)(O)c1ccc(F)cc1Cl. The summed E-state index contributed by atoms with van der Waals surface area (Å²) in [5.41, 5.74) is -1.40. The summed E-state index contributed by atoms with van der Waals surface area (Å²) in [7, 11) is 0. The van der Waals surface area contributed by atoms with E-state index in [2.05, 4.69) is 0 Å². The number of carboxylic acids is 1. The van der Waals surface area contributed by atoms with E-state index in [1.807, 2.05) is 6.92 Å². The first-order valence-corrected chi connectivity index (χ1v) is 6.59. The smallest absolute Gasteiger partial charge is 0.309 e. The molecule has 0 saturated carbocycles. The second kappa shape index (κ2) is 6.35. The Hall–Kier alpha value is -1.13. The van der Waals surface area contributed by atoms with Crippen molar-refractivity contribution in [2.24, 2.45) is 5.92 Å². The first-order chi connectivity index (χ1) is 8.80. The van der Waals surface area contributed by atoms with E-state index in [9.17, 15) is 19.4 Å². The zero-order valence-electron chi connectivity index (χ0n) is 11.0. The molecule has 2 N–H and O–H groups in total. The van der Waals surface area contributed by atoms with Gasteiger partial charge in [0.15, 0.2) is 0 Å². The minimum Gasteiger partial charge on any atom is -0.481 e. The van der Waals surface area contributed by atoms with E-state index in [0.717, 1.165) is 18.6 Å². The van der Waals surface area contributed by atoms with Crippen LogP contribution in [0.1, 0.15) is 38.7 Å². The molecule has 0 bridgehead atoms. The fraction of sp³-hybridized carbons (Fsp3) is 0.500. The van der Waals surface area contributed by atoms with E-state index in [0.29, 0.717) is 12.8 Å². The van der Waals surface area contributed by atoms with Crippen LogP contribution in [0.3, 0.4) is 0 Å². The average molecular weight is 289 g/mol. The fourth-order valence-electron chi connectivity index (χ4n) is 2.14. The van der Waals surface area contributed by atoms with Crippen molar-refractivity contribution in [3.8, 4) is 0 Å². The highest BCUT2D eigenvalue weighted by Crippen LogP contribution is 2.37. The summed E-state index contributed by atoms with van der Waals surface area (Å²) in [5, 5.41) is 19.8. The number of rotatable bonds is 6. The van der Waals surface area contributed by atoms with Crippen molar-refractivity contribution in [2.45, 2.75) is 38.7 Å². The van der Waals surface area contributed by atoms with Crippen LogP contribution in [-0.2, 0) is 10.4 Å². The van der Waals surface area contributed by atoms with Crippen molar-refractivity contribution in [1.82, 2.24) is 0 Å². The van der Waals surface area contributed by atoms with Gasteiger partial charge in [0, 0.05) is 10.6 Å². The molecule has 0 heterocycles. The van der Waals surface area contributed by atoms with Crippen molar-refractivity contribution < 1.29 is 19.4 Å². The van der Waals surface area contributed by atoms with E-state index >= 15 is 0 Å². The van der Waals surface area contributed by atoms with Crippen LogP contribution in [0.5, 0.6) is 0 Å². The molecule has 0 fully saturated rings. The molecular weight excluding hydrogens is 271 g/mol. The number of hydrogen-bond donors (Lipinski definition) is 2. The lowest BCUT2D eigenvalue weighted by Crippen LogP contribution is -2.37. The predicted molar refractivity (Wildman–Crippen MR) is 71.6 cm³/mol. The molecule has 3 nitrogen and oxygen atoms in total. The number of hydrogen-bond acceptors (Lipinski definition) is 2. The molecule has 106 valence electrons. The van der Waals surface area contributed by atoms with Crippen LogP contribution in [0.25, 0.3) is 0 Å². The zero-order valence-corrected chi connectivity index (χ0v) is 11.7. The number of halogens is 2. The molecule has 1 aromatic rings. The zero-order chi connectivity index (χ0) is 14.6. The van der Waals surface area contributed by atoms with E-state index in [1.165, 1.54) is 13.0 Å². The first-order valence-electron chi connectivity index (χ1n) is 6.21. The standard InChI is InChI=1S/C14H18ClFO3/c1-3-4-5-11(13(17)18)14(2,19)10-7-6-9(16)8-12(10)15/h6-8,11,19H,3-5H2,1-2H3,(H,17,18). The highest BCUT2D eigenvalue weighted by Gasteiger charge is 2.39. The summed E-state index contributed by atoms with van der Waals surface area (Å²) >= 11 is 5.90. The van der Waals surface area contributed by atoms with Gasteiger partial charge in [-0.3, -0.25) is 4.79 Å². The van der Waals surface area contributed by atoms with Gasteiger partial charge in [0.2, 0.25) is 0 Å². The van der Waals surface area contributed by atoms with Gasteiger partial charge in [0.05, 0.1) is 5.92 Å². The molecule has 2 unspecified atom stereocenters. The minimum absolute atomic E-state index is 0.0350. The lowest BCUT2D eigenvalue weighted by atomic mass is 9.80. The Balaban J connectivity index is 3.14. The molecule has 0 amide bonds. The third-order valence-electron chi connectivity index (χ3n) is 3.30. The Labute approximate surface area is 117 Å². The number of aliphatic hydroxyl groups is 1. The number of unbranched alkanes of at least 4 members (excludes halogenated alkanes) is 1. The fourth-order valence-corrected chi connectivity index (χ4v) is 2.50. The van der Waals surface area contributed by atoms with Crippen LogP contribution in [-0.4, -0.2) is 16.2 Å². The average Bonchev–Trinajstić information content (AvgIpc) is 2.27. The molecule has 0 saturated heterocycles. The number of carbonyl (C=O) groups is 1. The first kappa shape index (κ1) is 15.9.